The second-order valence-electron chi connectivity index (χ2n) is 4.64. The summed E-state index contributed by atoms with van der Waals surface area (Å²) in [5.74, 6) is -0.365. The van der Waals surface area contributed by atoms with Crippen LogP contribution < -0.4 is 0 Å². The molecule has 2 heterocycles. The summed E-state index contributed by atoms with van der Waals surface area (Å²) in [5.41, 5.74) is 3.31. The predicted octanol–water partition coefficient (Wildman–Crippen LogP) is 2.79. The van der Waals surface area contributed by atoms with Crippen molar-refractivity contribution in [2.45, 2.75) is 13.8 Å². The largest absolute Gasteiger partial charge is 0.477 e. The monoisotopic (exact) mass is 277 g/mol. The molecule has 3 rings (SSSR count). The van der Waals surface area contributed by atoms with Crippen molar-refractivity contribution in [1.82, 2.24) is 14.0 Å². The number of imidazole rings is 2. The highest BCUT2D eigenvalue weighted by Gasteiger charge is 2.22. The van der Waals surface area contributed by atoms with E-state index in [2.05, 4.69) is 4.98 Å². The summed E-state index contributed by atoms with van der Waals surface area (Å²) in [4.78, 5) is 16.0. The lowest BCUT2D eigenvalue weighted by molar-refractivity contribution is 0.0688. The van der Waals surface area contributed by atoms with Crippen molar-refractivity contribution in [3.63, 3.8) is 0 Å². The highest BCUT2D eigenvalue weighted by molar-refractivity contribution is 6.31. The quantitative estimate of drug-likeness (QED) is 0.744. The van der Waals surface area contributed by atoms with E-state index >= 15 is 0 Å². The second kappa shape index (κ2) is 3.74. The van der Waals surface area contributed by atoms with Crippen LogP contribution in [0.5, 0.6) is 0 Å². The van der Waals surface area contributed by atoms with Crippen LogP contribution in [0, 0.1) is 13.8 Å². The third-order valence-corrected chi connectivity index (χ3v) is 3.69. The molecule has 0 spiro atoms. The van der Waals surface area contributed by atoms with E-state index in [9.17, 15) is 9.90 Å². The van der Waals surface area contributed by atoms with E-state index in [1.54, 1.807) is 29.0 Å². The minimum atomic E-state index is -0.972. The van der Waals surface area contributed by atoms with Gasteiger partial charge in [0.05, 0.1) is 11.0 Å². The Labute approximate surface area is 114 Å². The lowest BCUT2D eigenvalue weighted by atomic mass is 10.2. The number of aromatic nitrogens is 3. The predicted molar refractivity (Wildman–Crippen MR) is 73.1 cm³/mol. The summed E-state index contributed by atoms with van der Waals surface area (Å²) in [5, 5.41) is 9.97. The van der Waals surface area contributed by atoms with Crippen LogP contribution in [0.15, 0.2) is 12.1 Å². The summed E-state index contributed by atoms with van der Waals surface area (Å²) in [6.07, 6.45) is 0. The Balaban J connectivity index is 2.63. The fourth-order valence-corrected chi connectivity index (χ4v) is 2.72. The van der Waals surface area contributed by atoms with E-state index in [-0.39, 0.29) is 5.69 Å². The van der Waals surface area contributed by atoms with Crippen molar-refractivity contribution in [2.75, 3.05) is 0 Å². The number of hydrogen-bond donors (Lipinski definition) is 1. The zero-order chi connectivity index (χ0) is 13.9. The molecule has 0 aliphatic heterocycles. The van der Waals surface area contributed by atoms with Gasteiger partial charge in [-0.25, -0.2) is 9.78 Å². The van der Waals surface area contributed by atoms with Gasteiger partial charge in [-0.3, -0.25) is 4.40 Å². The second-order valence-corrected chi connectivity index (χ2v) is 5.07. The minimum Gasteiger partial charge on any atom is -0.477 e. The van der Waals surface area contributed by atoms with Crippen LogP contribution in [-0.2, 0) is 7.05 Å². The molecule has 1 aromatic carbocycles. The third-order valence-electron chi connectivity index (χ3n) is 3.47. The van der Waals surface area contributed by atoms with E-state index in [0.717, 1.165) is 16.6 Å². The van der Waals surface area contributed by atoms with Gasteiger partial charge in [0.25, 0.3) is 0 Å². The number of rotatable bonds is 1. The number of nitrogens with zero attached hydrogens (tertiary/aromatic N) is 3. The molecule has 1 N–H and O–H groups in total. The molecule has 5 nitrogen and oxygen atoms in total. The van der Waals surface area contributed by atoms with Crippen molar-refractivity contribution >= 4 is 34.4 Å². The minimum absolute atomic E-state index is 0.224. The Morgan fingerprint density at radius 2 is 2.05 bits per heavy atom. The number of fused-ring (bicyclic) bond motifs is 3. The molecule has 6 heteroatoms. The summed E-state index contributed by atoms with van der Waals surface area (Å²) in [7, 11) is 1.81. The Bertz CT molecular complexity index is 845. The van der Waals surface area contributed by atoms with E-state index < -0.39 is 5.97 Å². The Morgan fingerprint density at radius 1 is 1.37 bits per heavy atom. The fraction of sp³-hybridized carbons (Fsp3) is 0.231. The van der Waals surface area contributed by atoms with Crippen molar-refractivity contribution in [3.8, 4) is 0 Å². The molecule has 0 radical (unpaired) electrons. The third kappa shape index (κ3) is 1.48. The topological polar surface area (TPSA) is 59.5 Å². The van der Waals surface area contributed by atoms with Crippen molar-refractivity contribution < 1.29 is 9.90 Å². The summed E-state index contributed by atoms with van der Waals surface area (Å²) in [6.45, 7) is 3.68. The number of carboxylic acid groups (broad SMARTS) is 1. The summed E-state index contributed by atoms with van der Waals surface area (Å²) < 4.78 is 3.42. The molecular weight excluding hydrogens is 266 g/mol. The zero-order valence-electron chi connectivity index (χ0n) is 10.7. The molecule has 0 fully saturated rings. The van der Waals surface area contributed by atoms with E-state index in [1.807, 2.05) is 13.0 Å². The molecule has 98 valence electrons. The van der Waals surface area contributed by atoms with Gasteiger partial charge >= 0.3 is 5.97 Å². The van der Waals surface area contributed by atoms with Crippen LogP contribution in [0.1, 0.15) is 21.7 Å². The Kier molecular flexibility index (Phi) is 2.37. The highest BCUT2D eigenvalue weighted by Crippen LogP contribution is 2.27. The van der Waals surface area contributed by atoms with Crippen LogP contribution in [0.2, 0.25) is 5.02 Å². The van der Waals surface area contributed by atoms with Crippen LogP contribution in [0.25, 0.3) is 16.8 Å². The number of carboxylic acids is 1. The summed E-state index contributed by atoms with van der Waals surface area (Å²) >= 11 is 6.06. The van der Waals surface area contributed by atoms with Crippen LogP contribution in [0.4, 0.5) is 0 Å². The van der Waals surface area contributed by atoms with Gasteiger partial charge < -0.3 is 9.67 Å². The molecule has 0 atom stereocenters. The molecule has 0 aliphatic rings. The van der Waals surface area contributed by atoms with Crippen molar-refractivity contribution in [2.24, 2.45) is 7.05 Å². The average Bonchev–Trinajstić information content (AvgIpc) is 2.78. The van der Waals surface area contributed by atoms with Crippen LogP contribution >= 0.6 is 11.6 Å². The highest BCUT2D eigenvalue weighted by atomic mass is 35.5. The number of halogens is 1. The molecule has 3 aromatic rings. The standard InChI is InChI=1S/C13H12ClN3O2/c1-6-4-8(14)5-9-10(6)15-13-16(3)7(2)11(12(18)19)17(9)13/h4-5H,1-3H3,(H,18,19). The molecule has 0 unspecified atom stereocenters. The van der Waals surface area contributed by atoms with Gasteiger partial charge in [0.1, 0.15) is 0 Å². The number of aryl methyl sites for hydroxylation is 2. The first-order valence-corrected chi connectivity index (χ1v) is 6.16. The number of benzene rings is 1. The van der Waals surface area contributed by atoms with E-state index in [1.165, 1.54) is 0 Å². The molecular formula is C13H12ClN3O2. The zero-order valence-corrected chi connectivity index (χ0v) is 11.5. The van der Waals surface area contributed by atoms with E-state index in [4.69, 9.17) is 11.6 Å². The Morgan fingerprint density at radius 3 is 2.68 bits per heavy atom. The van der Waals surface area contributed by atoms with Gasteiger partial charge in [-0.15, -0.1) is 0 Å². The van der Waals surface area contributed by atoms with Gasteiger partial charge in [-0.1, -0.05) is 11.6 Å². The number of aromatic carboxylic acids is 1. The van der Waals surface area contributed by atoms with Gasteiger partial charge in [0.2, 0.25) is 5.78 Å². The van der Waals surface area contributed by atoms with Crippen LogP contribution in [-0.4, -0.2) is 25.0 Å². The summed E-state index contributed by atoms with van der Waals surface area (Å²) in [6, 6.07) is 3.57. The van der Waals surface area contributed by atoms with Gasteiger partial charge in [0, 0.05) is 17.8 Å². The maximum absolute atomic E-state index is 11.5. The molecule has 0 bridgehead atoms. The first kappa shape index (κ1) is 12.0. The molecule has 2 aromatic heterocycles. The lowest BCUT2D eigenvalue weighted by Gasteiger charge is -2.00. The van der Waals surface area contributed by atoms with Gasteiger partial charge in [0.15, 0.2) is 5.69 Å². The van der Waals surface area contributed by atoms with Gasteiger partial charge in [-0.05, 0) is 31.5 Å². The number of carbonyl (C=O) groups is 1. The first-order valence-electron chi connectivity index (χ1n) is 5.78. The molecule has 0 saturated carbocycles. The Hall–Kier alpha value is -2.01. The molecule has 19 heavy (non-hydrogen) atoms. The molecule has 0 amide bonds. The molecule has 0 saturated heterocycles. The maximum atomic E-state index is 11.5. The lowest BCUT2D eigenvalue weighted by Crippen LogP contribution is -2.04. The first-order chi connectivity index (χ1) is 8.91. The van der Waals surface area contributed by atoms with Crippen molar-refractivity contribution in [1.29, 1.82) is 0 Å². The number of hydrogen-bond acceptors (Lipinski definition) is 2. The average molecular weight is 278 g/mol. The smallest absolute Gasteiger partial charge is 0.354 e. The van der Waals surface area contributed by atoms with Crippen LogP contribution in [0.3, 0.4) is 0 Å². The SMILES string of the molecule is Cc1cc(Cl)cc2c1nc1n(C)c(C)c(C(=O)O)n21. The fourth-order valence-electron chi connectivity index (χ4n) is 2.46. The normalized spacial score (nSPS) is 11.6. The maximum Gasteiger partial charge on any atom is 0.354 e. The van der Waals surface area contributed by atoms with E-state index in [0.29, 0.717) is 16.5 Å². The molecule has 0 aliphatic carbocycles. The van der Waals surface area contributed by atoms with Crippen molar-refractivity contribution in [3.05, 3.63) is 34.1 Å². The van der Waals surface area contributed by atoms with Gasteiger partial charge in [-0.2, -0.15) is 0 Å².